The highest BCUT2D eigenvalue weighted by atomic mass is 32.1. The summed E-state index contributed by atoms with van der Waals surface area (Å²) in [6, 6.07) is 0. The number of thiol groups is 1. The minimum absolute atomic E-state index is 0.0147. The van der Waals surface area contributed by atoms with Crippen LogP contribution >= 0.6 is 12.6 Å². The third-order valence-corrected chi connectivity index (χ3v) is 1.96. The molecule has 0 aromatic rings. The molecule has 12 heavy (non-hydrogen) atoms. The van der Waals surface area contributed by atoms with Crippen LogP contribution in [0.15, 0.2) is 16.1 Å². The Labute approximate surface area is 78.1 Å². The Morgan fingerprint density at radius 1 is 1.58 bits per heavy atom. The predicted molar refractivity (Wildman–Crippen MR) is 53.3 cm³/mol. The molecule has 0 spiro atoms. The first-order valence-electron chi connectivity index (χ1n) is 4.08. The molecule has 0 aliphatic carbocycles. The summed E-state index contributed by atoms with van der Waals surface area (Å²) in [6.45, 7) is 0.816. The number of nitrogens with zero attached hydrogens (tertiary/aromatic N) is 1. The van der Waals surface area contributed by atoms with Crippen LogP contribution in [0.4, 0.5) is 0 Å². The van der Waals surface area contributed by atoms with Crippen molar-refractivity contribution in [2.24, 2.45) is 10.7 Å². The first-order valence-corrected chi connectivity index (χ1v) is 4.53. The van der Waals surface area contributed by atoms with Gasteiger partial charge in [0.25, 0.3) is 0 Å². The van der Waals surface area contributed by atoms with Gasteiger partial charge in [0.2, 0.25) is 0 Å². The first-order chi connectivity index (χ1) is 5.83. The zero-order valence-electron chi connectivity index (χ0n) is 6.94. The van der Waals surface area contributed by atoms with Crippen molar-refractivity contribution in [3.8, 4) is 0 Å². The average molecular weight is 186 g/mol. The van der Waals surface area contributed by atoms with Crippen LogP contribution in [0.1, 0.15) is 19.3 Å². The molecule has 1 fully saturated rings. The van der Waals surface area contributed by atoms with Gasteiger partial charge in [-0.25, -0.2) is 0 Å². The number of hydrogen-bond donors (Lipinski definition) is 2. The summed E-state index contributed by atoms with van der Waals surface area (Å²) >= 11 is 4.06. The van der Waals surface area contributed by atoms with Crippen LogP contribution in [0.25, 0.3) is 0 Å². The van der Waals surface area contributed by atoms with E-state index in [0.29, 0.717) is 4.91 Å². The molecule has 0 saturated carbocycles. The van der Waals surface area contributed by atoms with E-state index in [1.165, 1.54) is 12.6 Å². The fourth-order valence-electron chi connectivity index (χ4n) is 1.04. The Bertz CT molecular complexity index is 185. The van der Waals surface area contributed by atoms with Gasteiger partial charge in [0.1, 0.15) is 6.23 Å². The van der Waals surface area contributed by atoms with E-state index in [-0.39, 0.29) is 6.23 Å². The number of hydrogen-bond acceptors (Lipinski definition) is 4. The van der Waals surface area contributed by atoms with Crippen molar-refractivity contribution in [2.75, 3.05) is 6.61 Å². The molecule has 0 aromatic heterocycles. The maximum absolute atomic E-state index is 5.37. The monoisotopic (exact) mass is 186 g/mol. The Morgan fingerprint density at radius 3 is 3.00 bits per heavy atom. The summed E-state index contributed by atoms with van der Waals surface area (Å²) in [4.78, 5) is 4.85. The van der Waals surface area contributed by atoms with E-state index in [9.17, 15) is 0 Å². The molecule has 3 nitrogen and oxygen atoms in total. The van der Waals surface area contributed by atoms with E-state index < -0.39 is 0 Å². The molecule has 1 rings (SSSR count). The molecule has 1 atom stereocenters. The lowest BCUT2D eigenvalue weighted by molar-refractivity contribution is 0.0227. The zero-order valence-corrected chi connectivity index (χ0v) is 7.83. The van der Waals surface area contributed by atoms with E-state index in [0.717, 1.165) is 19.4 Å². The van der Waals surface area contributed by atoms with Crippen LogP contribution in [-0.4, -0.2) is 19.0 Å². The van der Waals surface area contributed by atoms with E-state index in [1.54, 1.807) is 6.21 Å². The lowest BCUT2D eigenvalue weighted by atomic mass is 10.2. The molecule has 1 heterocycles. The molecule has 2 N–H and O–H groups in total. The van der Waals surface area contributed by atoms with Gasteiger partial charge in [0.05, 0.1) is 0 Å². The highest BCUT2D eigenvalue weighted by Gasteiger charge is 2.10. The predicted octanol–water partition coefficient (Wildman–Crippen LogP) is 1.31. The van der Waals surface area contributed by atoms with Crippen LogP contribution in [0.3, 0.4) is 0 Å². The van der Waals surface area contributed by atoms with E-state index in [4.69, 9.17) is 10.5 Å². The minimum atomic E-state index is 0.0147. The molecule has 4 heteroatoms. The number of allylic oxidation sites excluding steroid dienone is 1. The van der Waals surface area contributed by atoms with Crippen molar-refractivity contribution in [2.45, 2.75) is 25.5 Å². The Hall–Kier alpha value is -0.480. The molecule has 68 valence electrons. The van der Waals surface area contributed by atoms with Gasteiger partial charge >= 0.3 is 0 Å². The summed E-state index contributed by atoms with van der Waals surface area (Å²) in [6.07, 6.45) is 6.40. The van der Waals surface area contributed by atoms with Crippen LogP contribution in [0.2, 0.25) is 0 Å². The molecule has 1 aliphatic heterocycles. The molecule has 0 bridgehead atoms. The van der Waals surface area contributed by atoms with Crippen molar-refractivity contribution < 1.29 is 4.74 Å². The Kier molecular flexibility index (Phi) is 4.18. The van der Waals surface area contributed by atoms with Gasteiger partial charge in [-0.05, 0) is 19.3 Å². The van der Waals surface area contributed by atoms with Crippen molar-refractivity contribution in [3.05, 3.63) is 11.1 Å². The van der Waals surface area contributed by atoms with E-state index in [1.807, 2.05) is 0 Å². The molecular weight excluding hydrogens is 172 g/mol. The van der Waals surface area contributed by atoms with Gasteiger partial charge in [-0.15, -0.1) is 12.6 Å². The number of nitrogens with two attached hydrogens (primary N) is 1. The fraction of sp³-hybridized carbons (Fsp3) is 0.625. The van der Waals surface area contributed by atoms with Gasteiger partial charge in [0, 0.05) is 23.9 Å². The van der Waals surface area contributed by atoms with Crippen molar-refractivity contribution in [3.63, 3.8) is 0 Å². The second-order valence-corrected chi connectivity index (χ2v) is 3.21. The first kappa shape index (κ1) is 9.61. The fourth-order valence-corrected chi connectivity index (χ4v) is 1.11. The van der Waals surface area contributed by atoms with E-state index >= 15 is 0 Å². The number of rotatable bonds is 2. The quantitative estimate of drug-likeness (QED) is 0.504. The maximum Gasteiger partial charge on any atom is 0.148 e. The van der Waals surface area contributed by atoms with Gasteiger partial charge in [0.15, 0.2) is 0 Å². The summed E-state index contributed by atoms with van der Waals surface area (Å²) in [5.41, 5.74) is 5.22. The minimum Gasteiger partial charge on any atom is -0.404 e. The highest BCUT2D eigenvalue weighted by molar-refractivity contribution is 7.85. The largest absolute Gasteiger partial charge is 0.404 e. The third kappa shape index (κ3) is 3.28. The number of aliphatic imine (C=N–C) groups is 1. The third-order valence-electron chi connectivity index (χ3n) is 1.70. The SMILES string of the molecule is N/C=C(S)\C=N\C1CCCCO1. The van der Waals surface area contributed by atoms with Gasteiger partial charge < -0.3 is 10.5 Å². The van der Waals surface area contributed by atoms with Gasteiger partial charge in [-0.1, -0.05) is 0 Å². The molecular formula is C8H14N2OS. The molecule has 0 amide bonds. The summed E-state index contributed by atoms with van der Waals surface area (Å²) in [5.74, 6) is 0. The normalized spacial score (nSPS) is 26.4. The van der Waals surface area contributed by atoms with Crippen LogP contribution < -0.4 is 5.73 Å². The molecule has 1 unspecified atom stereocenters. The molecule has 1 aliphatic rings. The van der Waals surface area contributed by atoms with Crippen LogP contribution in [0.5, 0.6) is 0 Å². The average Bonchev–Trinajstić information content (AvgIpc) is 2.16. The van der Waals surface area contributed by atoms with E-state index in [2.05, 4.69) is 17.6 Å². The molecule has 1 saturated heterocycles. The van der Waals surface area contributed by atoms with Crippen LogP contribution in [0, 0.1) is 0 Å². The standard InChI is InChI=1S/C8H14N2OS/c9-5-7(12)6-10-8-3-1-2-4-11-8/h5-6,8,12H,1-4,9H2/b7-5+,10-6+. The summed E-state index contributed by atoms with van der Waals surface area (Å²) in [5, 5.41) is 0. The molecule has 0 radical (unpaired) electrons. The van der Waals surface area contributed by atoms with Gasteiger partial charge in [-0.2, -0.15) is 0 Å². The maximum atomic E-state index is 5.37. The second-order valence-electron chi connectivity index (χ2n) is 2.69. The number of ether oxygens (including phenoxy) is 1. The summed E-state index contributed by atoms with van der Waals surface area (Å²) < 4.78 is 5.37. The van der Waals surface area contributed by atoms with Crippen molar-refractivity contribution >= 4 is 18.8 Å². The lowest BCUT2D eigenvalue weighted by Crippen LogP contribution is -2.16. The Morgan fingerprint density at radius 2 is 2.42 bits per heavy atom. The van der Waals surface area contributed by atoms with Crippen molar-refractivity contribution in [1.29, 1.82) is 0 Å². The van der Waals surface area contributed by atoms with Crippen molar-refractivity contribution in [1.82, 2.24) is 0 Å². The van der Waals surface area contributed by atoms with Gasteiger partial charge in [-0.3, -0.25) is 4.99 Å². The highest BCUT2D eigenvalue weighted by Crippen LogP contribution is 2.13. The summed E-state index contributed by atoms with van der Waals surface area (Å²) in [7, 11) is 0. The lowest BCUT2D eigenvalue weighted by Gasteiger charge is -2.18. The second kappa shape index (κ2) is 5.22. The topological polar surface area (TPSA) is 47.6 Å². The van der Waals surface area contributed by atoms with Crippen LogP contribution in [-0.2, 0) is 4.74 Å². The molecule has 0 aromatic carbocycles. The zero-order chi connectivity index (χ0) is 8.81. The Balaban J connectivity index is 2.33. The smallest absolute Gasteiger partial charge is 0.148 e.